The van der Waals surface area contributed by atoms with Gasteiger partial charge in [-0.25, -0.2) is 0 Å². The van der Waals surface area contributed by atoms with Crippen LogP contribution in [0.2, 0.25) is 0 Å². The quantitative estimate of drug-likeness (QED) is 0.760. The van der Waals surface area contributed by atoms with E-state index in [1.165, 1.54) is 5.56 Å². The van der Waals surface area contributed by atoms with Gasteiger partial charge >= 0.3 is 0 Å². The summed E-state index contributed by atoms with van der Waals surface area (Å²) in [5, 5.41) is 10.2. The van der Waals surface area contributed by atoms with E-state index in [0.29, 0.717) is 17.8 Å². The number of hydrogen-bond donors (Lipinski definition) is 2. The van der Waals surface area contributed by atoms with Crippen LogP contribution in [0.15, 0.2) is 24.3 Å². The van der Waals surface area contributed by atoms with Crippen molar-refractivity contribution in [2.75, 3.05) is 11.9 Å². The van der Waals surface area contributed by atoms with Crippen LogP contribution in [-0.4, -0.2) is 33.9 Å². The van der Waals surface area contributed by atoms with Crippen LogP contribution < -0.4 is 10.6 Å². The highest BCUT2D eigenvalue weighted by Crippen LogP contribution is 2.62. The molecule has 4 rings (SSSR count). The number of hydrogen-bond acceptors (Lipinski definition) is 4. The molecule has 0 radical (unpaired) electrons. The largest absolute Gasteiger partial charge is 0.356 e. The molecule has 1 aromatic heterocycles. The third-order valence-corrected chi connectivity index (χ3v) is 6.56. The van der Waals surface area contributed by atoms with Gasteiger partial charge < -0.3 is 10.6 Å². The summed E-state index contributed by atoms with van der Waals surface area (Å²) in [6.45, 7) is 6.25. The van der Waals surface area contributed by atoms with Crippen LogP contribution in [0.1, 0.15) is 40.7 Å². The van der Waals surface area contributed by atoms with Gasteiger partial charge in [-0.1, -0.05) is 19.1 Å². The number of para-hydroxylation sites is 1. The third kappa shape index (κ3) is 2.96. The number of fused-ring (bicyclic) bond motifs is 2. The topological polar surface area (TPSA) is 93.1 Å². The van der Waals surface area contributed by atoms with E-state index in [9.17, 15) is 14.4 Å². The zero-order valence-corrected chi connectivity index (χ0v) is 17.2. The smallest absolute Gasteiger partial charge is 0.229 e. The lowest BCUT2D eigenvalue weighted by Crippen LogP contribution is -2.31. The SMILES string of the molecule is Cc1nn(C)c(C)c1CCCNC(=O)[C@@H]1[C@@H]2C(=O)Nc3ccccc3C(=O)[C@]12C. The molecule has 152 valence electrons. The van der Waals surface area contributed by atoms with Gasteiger partial charge in [0, 0.05) is 24.8 Å². The zero-order chi connectivity index (χ0) is 20.9. The number of rotatable bonds is 5. The molecule has 1 saturated carbocycles. The summed E-state index contributed by atoms with van der Waals surface area (Å²) in [6, 6.07) is 6.97. The molecule has 2 amide bonds. The molecule has 1 fully saturated rings. The van der Waals surface area contributed by atoms with Gasteiger partial charge in [-0.3, -0.25) is 19.1 Å². The van der Waals surface area contributed by atoms with Crippen molar-refractivity contribution in [3.63, 3.8) is 0 Å². The maximum atomic E-state index is 13.1. The highest BCUT2D eigenvalue weighted by atomic mass is 16.2. The van der Waals surface area contributed by atoms with Crippen molar-refractivity contribution in [1.82, 2.24) is 15.1 Å². The van der Waals surface area contributed by atoms with Crippen LogP contribution in [0.3, 0.4) is 0 Å². The lowest BCUT2D eigenvalue weighted by Gasteiger charge is -2.12. The van der Waals surface area contributed by atoms with E-state index in [2.05, 4.69) is 15.7 Å². The summed E-state index contributed by atoms with van der Waals surface area (Å²) in [6.07, 6.45) is 1.60. The number of Topliss-reactive ketones (excluding diaryl/α,β-unsaturated/α-hetero) is 1. The minimum Gasteiger partial charge on any atom is -0.356 e. The summed E-state index contributed by atoms with van der Waals surface area (Å²) < 4.78 is 1.87. The fraction of sp³-hybridized carbons (Fsp3) is 0.455. The number of anilines is 1. The molecule has 2 aromatic rings. The van der Waals surface area contributed by atoms with Gasteiger partial charge in [-0.15, -0.1) is 0 Å². The molecular formula is C22H26N4O3. The van der Waals surface area contributed by atoms with Crippen LogP contribution in [-0.2, 0) is 23.1 Å². The van der Waals surface area contributed by atoms with Crippen molar-refractivity contribution in [2.24, 2.45) is 24.3 Å². The average Bonchev–Trinajstić information content (AvgIpc) is 3.27. The zero-order valence-electron chi connectivity index (χ0n) is 17.2. The van der Waals surface area contributed by atoms with Gasteiger partial charge in [0.2, 0.25) is 11.8 Å². The highest BCUT2D eigenvalue weighted by Gasteiger charge is 2.73. The molecule has 0 bridgehead atoms. The van der Waals surface area contributed by atoms with Gasteiger partial charge in [0.25, 0.3) is 0 Å². The molecule has 0 saturated heterocycles. The van der Waals surface area contributed by atoms with Crippen LogP contribution in [0, 0.1) is 31.1 Å². The number of aryl methyl sites for hydroxylation is 2. The molecule has 1 aliphatic heterocycles. The number of amides is 2. The number of nitrogens with one attached hydrogen (secondary N) is 2. The molecule has 7 nitrogen and oxygen atoms in total. The Labute approximate surface area is 169 Å². The fourth-order valence-corrected chi connectivity index (χ4v) is 4.70. The van der Waals surface area contributed by atoms with Crippen LogP contribution >= 0.6 is 0 Å². The number of ketones is 1. The Morgan fingerprint density at radius 2 is 2.00 bits per heavy atom. The summed E-state index contributed by atoms with van der Waals surface area (Å²) in [5.74, 6) is -1.86. The molecule has 1 aromatic carbocycles. The summed E-state index contributed by atoms with van der Waals surface area (Å²) >= 11 is 0. The second-order valence-corrected chi connectivity index (χ2v) is 8.27. The second kappa shape index (κ2) is 6.83. The van der Waals surface area contributed by atoms with Crippen molar-refractivity contribution >= 4 is 23.3 Å². The normalized spacial score (nSPS) is 25.0. The highest BCUT2D eigenvalue weighted by molar-refractivity contribution is 6.19. The van der Waals surface area contributed by atoms with E-state index in [1.807, 2.05) is 25.6 Å². The van der Waals surface area contributed by atoms with E-state index in [0.717, 1.165) is 24.2 Å². The van der Waals surface area contributed by atoms with Crippen molar-refractivity contribution in [1.29, 1.82) is 0 Å². The first kappa shape index (κ1) is 19.4. The standard InChI is InChI=1S/C22H26N4O3/c1-12-14(13(2)26(4)25-12)9-7-11-23-20(28)17-18-21(29)24-16-10-6-5-8-15(16)19(27)22(17,18)3/h5-6,8,10,17-18H,7,9,11H2,1-4H3,(H,23,28)(H,24,29)/t17-,18+,22+/m0/s1. The summed E-state index contributed by atoms with van der Waals surface area (Å²) in [5.41, 5.74) is 3.37. The molecule has 1 aliphatic carbocycles. The number of nitrogens with zero attached hydrogens (tertiary/aromatic N) is 2. The lowest BCUT2D eigenvalue weighted by molar-refractivity contribution is -0.125. The van der Waals surface area contributed by atoms with Gasteiger partial charge in [-0.05, 0) is 44.4 Å². The Bertz CT molecular complexity index is 1030. The van der Waals surface area contributed by atoms with Crippen molar-refractivity contribution in [2.45, 2.75) is 33.6 Å². The van der Waals surface area contributed by atoms with E-state index >= 15 is 0 Å². The minimum atomic E-state index is -0.975. The minimum absolute atomic E-state index is 0.141. The molecule has 2 heterocycles. The lowest BCUT2D eigenvalue weighted by atomic mass is 9.92. The van der Waals surface area contributed by atoms with Crippen molar-refractivity contribution in [3.05, 3.63) is 46.8 Å². The molecule has 2 N–H and O–H groups in total. The van der Waals surface area contributed by atoms with Gasteiger partial charge in [-0.2, -0.15) is 5.10 Å². The van der Waals surface area contributed by atoms with E-state index in [1.54, 1.807) is 31.2 Å². The number of aromatic nitrogens is 2. The molecule has 29 heavy (non-hydrogen) atoms. The Kier molecular flexibility index (Phi) is 4.56. The molecular weight excluding hydrogens is 368 g/mol. The molecule has 3 atom stereocenters. The molecule has 0 unspecified atom stereocenters. The summed E-state index contributed by atoms with van der Waals surface area (Å²) in [4.78, 5) is 38.5. The molecule has 0 spiro atoms. The van der Waals surface area contributed by atoms with Crippen molar-refractivity contribution < 1.29 is 14.4 Å². The second-order valence-electron chi connectivity index (χ2n) is 8.27. The first-order valence-corrected chi connectivity index (χ1v) is 9.98. The van der Waals surface area contributed by atoms with Gasteiger partial charge in [0.05, 0.1) is 28.6 Å². The number of carbonyl (C=O) groups is 3. The maximum absolute atomic E-state index is 13.1. The number of benzene rings is 1. The van der Waals surface area contributed by atoms with E-state index in [4.69, 9.17) is 0 Å². The Hall–Kier alpha value is -2.96. The van der Waals surface area contributed by atoms with E-state index in [-0.39, 0.29) is 17.6 Å². The van der Waals surface area contributed by atoms with Crippen molar-refractivity contribution in [3.8, 4) is 0 Å². The van der Waals surface area contributed by atoms with Gasteiger partial charge in [0.1, 0.15) is 0 Å². The Morgan fingerprint density at radius 3 is 2.69 bits per heavy atom. The van der Waals surface area contributed by atoms with Crippen LogP contribution in [0.25, 0.3) is 0 Å². The summed E-state index contributed by atoms with van der Waals surface area (Å²) in [7, 11) is 1.92. The first-order valence-electron chi connectivity index (χ1n) is 9.98. The predicted molar refractivity (Wildman–Crippen MR) is 109 cm³/mol. The predicted octanol–water partition coefficient (Wildman–Crippen LogP) is 2.17. The maximum Gasteiger partial charge on any atom is 0.229 e. The first-order chi connectivity index (χ1) is 13.8. The molecule has 2 aliphatic rings. The Morgan fingerprint density at radius 1 is 1.28 bits per heavy atom. The molecule has 7 heteroatoms. The van der Waals surface area contributed by atoms with Crippen LogP contribution in [0.5, 0.6) is 0 Å². The van der Waals surface area contributed by atoms with E-state index < -0.39 is 17.3 Å². The van der Waals surface area contributed by atoms with Crippen LogP contribution in [0.4, 0.5) is 5.69 Å². The van der Waals surface area contributed by atoms with Gasteiger partial charge in [0.15, 0.2) is 5.78 Å². The average molecular weight is 394 g/mol. The Balaban J connectivity index is 1.40. The monoisotopic (exact) mass is 394 g/mol. The third-order valence-electron chi connectivity index (χ3n) is 6.56. The fourth-order valence-electron chi connectivity index (χ4n) is 4.70. The number of carbonyl (C=O) groups excluding carboxylic acids is 3.